The average molecular weight is 320 g/mol. The summed E-state index contributed by atoms with van der Waals surface area (Å²) in [6.07, 6.45) is 0.0716. The highest BCUT2D eigenvalue weighted by molar-refractivity contribution is 7.99. The highest BCUT2D eigenvalue weighted by Crippen LogP contribution is 2.26. The minimum atomic E-state index is -0.0565. The van der Waals surface area contributed by atoms with Crippen molar-refractivity contribution in [2.45, 2.75) is 17.5 Å². The molecule has 0 bridgehead atoms. The zero-order chi connectivity index (χ0) is 15.5. The number of nitrogens with two attached hydrogens (primary N) is 1. The summed E-state index contributed by atoms with van der Waals surface area (Å²) in [5, 5.41) is 10.7. The van der Waals surface area contributed by atoms with Crippen molar-refractivity contribution in [2.75, 3.05) is 37.0 Å². The molecule has 0 amide bonds. The lowest BCUT2D eigenvalue weighted by Gasteiger charge is -2.16. The Balaban J connectivity index is 1.53. The lowest BCUT2D eigenvalue weighted by Crippen LogP contribution is -2.17. The van der Waals surface area contributed by atoms with Crippen LogP contribution in [0.3, 0.4) is 0 Å². The Morgan fingerprint density at radius 2 is 2.14 bits per heavy atom. The summed E-state index contributed by atoms with van der Waals surface area (Å²) in [5.41, 5.74) is 7.82. The van der Waals surface area contributed by atoms with Crippen molar-refractivity contribution in [3.8, 4) is 0 Å². The van der Waals surface area contributed by atoms with Gasteiger partial charge in [-0.15, -0.1) is 5.10 Å². The Morgan fingerprint density at radius 1 is 1.36 bits per heavy atom. The molecule has 2 atom stereocenters. The fraction of sp³-hybridized carbons (Fsp3) is 0.429. The summed E-state index contributed by atoms with van der Waals surface area (Å²) < 4.78 is 6.03. The van der Waals surface area contributed by atoms with Gasteiger partial charge in [0.05, 0.1) is 6.10 Å². The van der Waals surface area contributed by atoms with Crippen molar-refractivity contribution >= 4 is 23.4 Å². The molecule has 0 saturated carbocycles. The molecule has 1 aromatic carbocycles. The molecule has 22 heavy (non-hydrogen) atoms. The number of anilines is 2. The number of H-pyrrole nitrogens is 1. The van der Waals surface area contributed by atoms with E-state index in [0.29, 0.717) is 11.1 Å². The molecule has 0 aliphatic carbocycles. The van der Waals surface area contributed by atoms with E-state index in [0.717, 1.165) is 17.9 Å². The molecule has 3 rings (SSSR count). The molecule has 0 unspecified atom stereocenters. The molecule has 4 N–H and O–H groups in total. The molecule has 0 radical (unpaired) electrons. The Bertz CT molecular complexity index is 614. The van der Waals surface area contributed by atoms with Gasteiger partial charge in [-0.25, -0.2) is 5.10 Å². The van der Waals surface area contributed by atoms with Crippen LogP contribution in [0.15, 0.2) is 29.4 Å². The Morgan fingerprint density at radius 3 is 2.77 bits per heavy atom. The van der Waals surface area contributed by atoms with Crippen molar-refractivity contribution in [3.05, 3.63) is 29.8 Å². The highest BCUT2D eigenvalue weighted by Gasteiger charge is 2.26. The first-order valence-corrected chi connectivity index (χ1v) is 8.07. The zero-order valence-corrected chi connectivity index (χ0v) is 13.4. The predicted octanol–water partition coefficient (Wildman–Crippen LogP) is 1.23. The van der Waals surface area contributed by atoms with Crippen LogP contribution in [0.1, 0.15) is 11.8 Å². The van der Waals surface area contributed by atoms with Gasteiger partial charge in [-0.2, -0.15) is 4.98 Å². The molecule has 8 heteroatoms. The number of benzene rings is 1. The Labute approximate surface area is 133 Å². The van der Waals surface area contributed by atoms with E-state index >= 15 is 0 Å². The maximum Gasteiger partial charge on any atom is 0.216 e. The van der Waals surface area contributed by atoms with Crippen molar-refractivity contribution in [1.29, 1.82) is 0 Å². The fourth-order valence-corrected chi connectivity index (χ4v) is 3.06. The second-order valence-corrected chi connectivity index (χ2v) is 6.33. The third-order valence-electron chi connectivity index (χ3n) is 3.45. The zero-order valence-electron chi connectivity index (χ0n) is 12.6. The van der Waals surface area contributed by atoms with E-state index in [2.05, 4.69) is 49.7 Å². The van der Waals surface area contributed by atoms with Gasteiger partial charge in [0.2, 0.25) is 11.1 Å². The van der Waals surface area contributed by atoms with Gasteiger partial charge in [-0.3, -0.25) is 5.32 Å². The number of nitrogens with one attached hydrogen (secondary N) is 2. The molecular weight excluding hydrogens is 300 g/mol. The number of aromatic nitrogens is 3. The summed E-state index contributed by atoms with van der Waals surface area (Å²) in [6.45, 7) is 0.813. The van der Waals surface area contributed by atoms with Crippen molar-refractivity contribution in [2.24, 2.45) is 0 Å². The van der Waals surface area contributed by atoms with Gasteiger partial charge in [0, 0.05) is 32.1 Å². The third kappa shape index (κ3) is 3.52. The molecule has 1 fully saturated rings. The van der Waals surface area contributed by atoms with Crippen molar-refractivity contribution in [3.63, 3.8) is 0 Å². The van der Waals surface area contributed by atoms with Crippen LogP contribution in [-0.2, 0) is 4.74 Å². The van der Waals surface area contributed by atoms with Crippen LogP contribution in [0.5, 0.6) is 0 Å². The van der Waals surface area contributed by atoms with Crippen LogP contribution >= 0.6 is 11.8 Å². The normalized spacial score (nSPS) is 21.2. The van der Waals surface area contributed by atoms with Crippen LogP contribution in [0.25, 0.3) is 0 Å². The lowest BCUT2D eigenvalue weighted by molar-refractivity contribution is 0.0534. The first-order valence-electron chi connectivity index (χ1n) is 7.08. The van der Waals surface area contributed by atoms with Crippen LogP contribution < -0.4 is 16.0 Å². The van der Waals surface area contributed by atoms with E-state index in [9.17, 15) is 0 Å². The van der Waals surface area contributed by atoms with Gasteiger partial charge in [-0.05, 0) is 17.7 Å². The van der Waals surface area contributed by atoms with Crippen molar-refractivity contribution < 1.29 is 4.74 Å². The van der Waals surface area contributed by atoms with Gasteiger partial charge < -0.3 is 15.4 Å². The summed E-state index contributed by atoms with van der Waals surface area (Å²) in [7, 11) is 4.06. The van der Waals surface area contributed by atoms with E-state index in [1.165, 1.54) is 17.4 Å². The first-order chi connectivity index (χ1) is 10.6. The molecule has 118 valence electrons. The number of thioether (sulfide) groups is 1. The molecule has 2 aromatic rings. The van der Waals surface area contributed by atoms with Crippen LogP contribution in [0.2, 0.25) is 0 Å². The smallest absolute Gasteiger partial charge is 0.216 e. The van der Waals surface area contributed by atoms with E-state index in [1.54, 1.807) is 0 Å². The number of nitrogen functional groups attached to an aromatic ring is 1. The SMILES string of the molecule is CN(C)c1ccc([C@H]2NC[C@H](CSc3n[nH]c(N)n3)O2)cc1. The largest absolute Gasteiger partial charge is 0.378 e. The highest BCUT2D eigenvalue weighted by atomic mass is 32.2. The Hall–Kier alpha value is -1.77. The maximum absolute atomic E-state index is 6.03. The standard InChI is InChI=1S/C14H20N6OS/c1-20(2)10-5-3-9(4-6-10)12-16-7-11(21-12)8-22-14-17-13(15)18-19-14/h3-6,11-12,16H,7-8H2,1-2H3,(H3,15,17,18,19)/t11-,12+/m1/s1. The predicted molar refractivity (Wildman–Crippen MR) is 87.9 cm³/mol. The van der Waals surface area contributed by atoms with Gasteiger partial charge in [-0.1, -0.05) is 23.9 Å². The average Bonchev–Trinajstić information content (AvgIpc) is 3.14. The maximum atomic E-state index is 6.03. The summed E-state index contributed by atoms with van der Waals surface area (Å²) in [6, 6.07) is 8.38. The molecule has 7 nitrogen and oxygen atoms in total. The molecule has 1 saturated heterocycles. The fourth-order valence-electron chi connectivity index (χ4n) is 2.26. The summed E-state index contributed by atoms with van der Waals surface area (Å²) >= 11 is 1.54. The molecule has 0 spiro atoms. The quantitative estimate of drug-likeness (QED) is 0.714. The first kappa shape index (κ1) is 15.1. The number of nitrogens with zero attached hydrogens (tertiary/aromatic N) is 3. The van der Waals surface area contributed by atoms with Crippen LogP contribution in [0, 0.1) is 0 Å². The number of rotatable bonds is 5. The monoisotopic (exact) mass is 320 g/mol. The minimum Gasteiger partial charge on any atom is -0.378 e. The minimum absolute atomic E-state index is 0.0565. The Kier molecular flexibility index (Phi) is 4.51. The molecule has 2 heterocycles. The van der Waals surface area contributed by atoms with Crippen molar-refractivity contribution in [1.82, 2.24) is 20.5 Å². The van der Waals surface area contributed by atoms with Crippen LogP contribution in [0.4, 0.5) is 11.6 Å². The second-order valence-electron chi connectivity index (χ2n) is 5.35. The van der Waals surface area contributed by atoms with E-state index < -0.39 is 0 Å². The van der Waals surface area contributed by atoms with Gasteiger partial charge in [0.15, 0.2) is 0 Å². The van der Waals surface area contributed by atoms with E-state index in [4.69, 9.17) is 10.5 Å². The second kappa shape index (κ2) is 6.55. The van der Waals surface area contributed by atoms with E-state index in [-0.39, 0.29) is 12.3 Å². The number of ether oxygens (including phenoxy) is 1. The third-order valence-corrected chi connectivity index (χ3v) is 4.43. The van der Waals surface area contributed by atoms with Crippen LogP contribution in [-0.4, -0.2) is 47.7 Å². The summed E-state index contributed by atoms with van der Waals surface area (Å²) in [4.78, 5) is 6.15. The lowest BCUT2D eigenvalue weighted by atomic mass is 10.2. The van der Waals surface area contributed by atoms with Gasteiger partial charge in [0.25, 0.3) is 0 Å². The van der Waals surface area contributed by atoms with Gasteiger partial charge >= 0.3 is 0 Å². The molecule has 1 aliphatic rings. The number of aromatic amines is 1. The van der Waals surface area contributed by atoms with Gasteiger partial charge in [0.1, 0.15) is 6.23 Å². The number of hydrogen-bond donors (Lipinski definition) is 3. The molecular formula is C14H20N6OS. The van der Waals surface area contributed by atoms with E-state index in [1.807, 2.05) is 14.1 Å². The molecule has 1 aliphatic heterocycles. The molecule has 1 aromatic heterocycles. The summed E-state index contributed by atoms with van der Waals surface area (Å²) in [5.74, 6) is 1.13. The topological polar surface area (TPSA) is 92.1 Å². The number of hydrogen-bond acceptors (Lipinski definition) is 7.